The monoisotopic (exact) mass is 641 g/mol. The van der Waals surface area contributed by atoms with Crippen molar-refractivity contribution in [3.05, 3.63) is 112 Å². The van der Waals surface area contributed by atoms with Crippen LogP contribution >= 0.6 is 0 Å². The summed E-state index contributed by atoms with van der Waals surface area (Å²) in [7, 11) is 1.62. The summed E-state index contributed by atoms with van der Waals surface area (Å²) in [5, 5.41) is 0. The number of hydrogen-bond acceptors (Lipinski definition) is 5. The summed E-state index contributed by atoms with van der Waals surface area (Å²) in [5.41, 5.74) is 1.88. The van der Waals surface area contributed by atoms with Crippen molar-refractivity contribution in [2.75, 3.05) is 26.9 Å². The molecule has 3 heterocycles. The minimum absolute atomic E-state index is 0.00863. The lowest BCUT2D eigenvalue weighted by atomic mass is 10.0. The van der Waals surface area contributed by atoms with Crippen molar-refractivity contribution >= 4 is 11.0 Å². The topological polar surface area (TPSA) is 58.4 Å². The van der Waals surface area contributed by atoms with Gasteiger partial charge >= 0.3 is 6.18 Å². The molecular formula is C34H29F6N3O3. The number of rotatable bonds is 9. The van der Waals surface area contributed by atoms with Crippen molar-refractivity contribution in [2.24, 2.45) is 5.92 Å². The Morgan fingerprint density at radius 1 is 0.891 bits per heavy atom. The van der Waals surface area contributed by atoms with Crippen molar-refractivity contribution in [2.45, 2.75) is 32.2 Å². The molecule has 1 saturated heterocycles. The molecule has 3 aromatic carbocycles. The van der Waals surface area contributed by atoms with Crippen LogP contribution in [-0.2, 0) is 28.7 Å². The molecule has 0 aliphatic carbocycles. The first-order valence-corrected chi connectivity index (χ1v) is 14.5. The largest absolute Gasteiger partial charge is 0.471 e. The van der Waals surface area contributed by atoms with E-state index in [2.05, 4.69) is 4.98 Å². The molecule has 2 aromatic heterocycles. The Morgan fingerprint density at radius 2 is 1.67 bits per heavy atom. The summed E-state index contributed by atoms with van der Waals surface area (Å²) in [5.74, 6) is -2.28. The number of methoxy groups -OCH3 is 1. The predicted molar refractivity (Wildman–Crippen MR) is 158 cm³/mol. The number of benzene rings is 3. The Balaban J connectivity index is 1.27. The maximum atomic E-state index is 15.6. The lowest BCUT2D eigenvalue weighted by Crippen LogP contribution is -2.23. The first-order valence-electron chi connectivity index (χ1n) is 14.5. The van der Waals surface area contributed by atoms with E-state index in [9.17, 15) is 17.6 Å². The third kappa shape index (κ3) is 6.45. The zero-order valence-corrected chi connectivity index (χ0v) is 24.9. The first kappa shape index (κ1) is 31.6. The summed E-state index contributed by atoms with van der Waals surface area (Å²) in [6, 6.07) is 14.1. The van der Waals surface area contributed by atoms with E-state index in [-0.39, 0.29) is 41.8 Å². The van der Waals surface area contributed by atoms with Gasteiger partial charge in [0.2, 0.25) is 0 Å². The van der Waals surface area contributed by atoms with E-state index in [1.165, 1.54) is 18.2 Å². The fraction of sp³-hybridized carbons (Fsp3) is 0.294. The molecule has 0 unspecified atom stereocenters. The van der Waals surface area contributed by atoms with Crippen molar-refractivity contribution in [3.8, 4) is 17.1 Å². The van der Waals surface area contributed by atoms with Gasteiger partial charge in [-0.3, -0.25) is 0 Å². The minimum Gasteiger partial charge on any atom is -0.471 e. The summed E-state index contributed by atoms with van der Waals surface area (Å²) >= 11 is 0. The van der Waals surface area contributed by atoms with Crippen LogP contribution in [0.25, 0.3) is 22.3 Å². The number of alkyl halides is 3. The Hall–Kier alpha value is -4.42. The molecule has 240 valence electrons. The van der Waals surface area contributed by atoms with Crippen LogP contribution < -0.4 is 4.74 Å². The molecule has 5 aromatic rings. The number of fused-ring (bicyclic) bond motifs is 1. The second kappa shape index (κ2) is 12.8. The molecule has 0 amide bonds. The lowest BCUT2D eigenvalue weighted by Gasteiger charge is -2.22. The van der Waals surface area contributed by atoms with Gasteiger partial charge in [-0.2, -0.15) is 13.2 Å². The molecular weight excluding hydrogens is 612 g/mol. The zero-order chi connectivity index (χ0) is 32.6. The molecule has 0 radical (unpaired) electrons. The standard InChI is InChI=1S/C34H29F6N3O3/c1-19-3-9-29-30(11-19)43(31-18-45-17-22(31)16-44-2)32(41-29)13-21-12-27(37)24(14-26(21)36)28-10-8-25(35)33(42-28)46-15-20-4-6-23(7-5-20)34(38,39)40/h3-12,14,22,31H,13,15-18H2,1-2H3/t22-,31+/m0/s1. The third-order valence-corrected chi connectivity index (χ3v) is 8.03. The summed E-state index contributed by atoms with van der Waals surface area (Å²) in [4.78, 5) is 8.81. The summed E-state index contributed by atoms with van der Waals surface area (Å²) in [6.07, 6.45) is -4.51. The van der Waals surface area contributed by atoms with Gasteiger partial charge in [0.15, 0.2) is 5.82 Å². The Morgan fingerprint density at radius 3 is 2.41 bits per heavy atom. The average molecular weight is 642 g/mol. The number of aryl methyl sites for hydroxylation is 1. The van der Waals surface area contributed by atoms with Gasteiger partial charge in [0.05, 0.1) is 48.2 Å². The number of hydrogen-bond donors (Lipinski definition) is 0. The molecule has 1 aliphatic heterocycles. The molecule has 1 fully saturated rings. The van der Waals surface area contributed by atoms with E-state index in [0.29, 0.717) is 31.2 Å². The van der Waals surface area contributed by atoms with Gasteiger partial charge in [0, 0.05) is 25.0 Å². The maximum Gasteiger partial charge on any atom is 0.416 e. The number of pyridine rings is 1. The van der Waals surface area contributed by atoms with Gasteiger partial charge in [-0.25, -0.2) is 23.1 Å². The van der Waals surface area contributed by atoms with Crippen LogP contribution in [0.4, 0.5) is 26.3 Å². The van der Waals surface area contributed by atoms with Crippen molar-refractivity contribution in [3.63, 3.8) is 0 Å². The van der Waals surface area contributed by atoms with Crippen LogP contribution in [-0.4, -0.2) is 41.5 Å². The zero-order valence-electron chi connectivity index (χ0n) is 24.9. The molecule has 0 spiro atoms. The van der Waals surface area contributed by atoms with Gasteiger partial charge in [-0.15, -0.1) is 0 Å². The smallest absolute Gasteiger partial charge is 0.416 e. The number of ether oxygens (including phenoxy) is 3. The van der Waals surface area contributed by atoms with Crippen molar-refractivity contribution < 1.29 is 40.6 Å². The highest BCUT2D eigenvalue weighted by Crippen LogP contribution is 2.34. The highest BCUT2D eigenvalue weighted by atomic mass is 19.4. The van der Waals surface area contributed by atoms with Crippen LogP contribution in [0, 0.1) is 30.3 Å². The van der Waals surface area contributed by atoms with Crippen LogP contribution in [0.2, 0.25) is 0 Å². The summed E-state index contributed by atoms with van der Waals surface area (Å²) in [6.45, 7) is 3.07. The fourth-order valence-corrected chi connectivity index (χ4v) is 5.70. The number of imidazole rings is 1. The van der Waals surface area contributed by atoms with Gasteiger partial charge in [-0.1, -0.05) is 18.2 Å². The van der Waals surface area contributed by atoms with E-state index >= 15 is 8.78 Å². The quantitative estimate of drug-likeness (QED) is 0.154. The van der Waals surface area contributed by atoms with E-state index in [1.54, 1.807) is 7.11 Å². The second-order valence-corrected chi connectivity index (χ2v) is 11.3. The summed E-state index contributed by atoms with van der Waals surface area (Å²) < 4.78 is 103. The number of aromatic nitrogens is 3. The molecule has 0 saturated carbocycles. The minimum atomic E-state index is -4.50. The van der Waals surface area contributed by atoms with Gasteiger partial charge in [-0.05, 0) is 72.1 Å². The second-order valence-electron chi connectivity index (χ2n) is 11.3. The fourth-order valence-electron chi connectivity index (χ4n) is 5.70. The van der Waals surface area contributed by atoms with Gasteiger partial charge < -0.3 is 18.8 Å². The van der Waals surface area contributed by atoms with Crippen LogP contribution in [0.15, 0.2) is 66.7 Å². The molecule has 6 rings (SSSR count). The van der Waals surface area contributed by atoms with E-state index < -0.39 is 35.1 Å². The highest BCUT2D eigenvalue weighted by Gasteiger charge is 2.33. The molecule has 0 N–H and O–H groups in total. The van der Waals surface area contributed by atoms with Gasteiger partial charge in [0.25, 0.3) is 5.88 Å². The molecule has 46 heavy (non-hydrogen) atoms. The Bertz CT molecular complexity index is 1870. The Kier molecular flexibility index (Phi) is 8.75. The lowest BCUT2D eigenvalue weighted by molar-refractivity contribution is -0.137. The van der Waals surface area contributed by atoms with E-state index in [4.69, 9.17) is 19.2 Å². The predicted octanol–water partition coefficient (Wildman–Crippen LogP) is 7.85. The molecule has 6 nitrogen and oxygen atoms in total. The molecule has 0 bridgehead atoms. The van der Waals surface area contributed by atoms with Crippen LogP contribution in [0.5, 0.6) is 5.88 Å². The normalized spacial score (nSPS) is 16.8. The maximum absolute atomic E-state index is 15.6. The molecule has 12 heteroatoms. The highest BCUT2D eigenvalue weighted by molar-refractivity contribution is 5.77. The van der Waals surface area contributed by atoms with Crippen molar-refractivity contribution in [1.82, 2.24) is 14.5 Å². The molecule has 1 aliphatic rings. The van der Waals surface area contributed by atoms with E-state index in [1.807, 2.05) is 29.7 Å². The average Bonchev–Trinajstić information content (AvgIpc) is 3.61. The Labute approximate surface area is 260 Å². The third-order valence-electron chi connectivity index (χ3n) is 8.03. The van der Waals surface area contributed by atoms with Crippen molar-refractivity contribution in [1.29, 1.82) is 0 Å². The van der Waals surface area contributed by atoms with Gasteiger partial charge in [0.1, 0.15) is 24.1 Å². The van der Waals surface area contributed by atoms with Crippen LogP contribution in [0.3, 0.4) is 0 Å². The SMILES string of the molecule is COC[C@H]1COC[C@H]1n1c(Cc2cc(F)c(-c3ccc(F)c(OCc4ccc(C(F)(F)F)cc4)n3)cc2F)nc2ccc(C)cc21. The number of halogens is 6. The van der Waals surface area contributed by atoms with Crippen LogP contribution in [0.1, 0.15) is 34.1 Å². The van der Waals surface area contributed by atoms with E-state index in [0.717, 1.165) is 46.9 Å². The number of nitrogens with zero attached hydrogens (tertiary/aromatic N) is 3. The first-order chi connectivity index (χ1) is 22.0. The molecule has 2 atom stereocenters.